The zero-order valence-corrected chi connectivity index (χ0v) is 32.7. The van der Waals surface area contributed by atoms with Crippen LogP contribution in [-0.4, -0.2) is 49.3 Å². The standard InChI is InChI=1S/C42H33ClN6O5S2/c1-21-22(2)56-42-38(21)40(24-4-6-26(43)7-5-24)46-33(41-48-47-23(3)49(41)42)19-36(53)44-20-37(55)45-27-8-11-30(25(16-27)14-15-50)39-31-12-9-28(51)17-34(31)54-35-18-29(52)10-13-32(35)39/h4-13,15-18,33,51H,14,19-20H2,1-3H3,(H,44,53)(H,45,55). The van der Waals surface area contributed by atoms with Gasteiger partial charge in [-0.05, 0) is 86.0 Å². The summed E-state index contributed by atoms with van der Waals surface area (Å²) in [6.45, 7) is 6.09. The number of aromatic hydroxyl groups is 1. The molecule has 11 nitrogen and oxygen atoms in total. The summed E-state index contributed by atoms with van der Waals surface area (Å²) in [5.41, 5.74) is 7.40. The highest BCUT2D eigenvalue weighted by atomic mass is 35.5. The van der Waals surface area contributed by atoms with Crippen LogP contribution in [0.2, 0.25) is 5.02 Å². The first-order valence-electron chi connectivity index (χ1n) is 17.7. The van der Waals surface area contributed by atoms with Crippen molar-refractivity contribution in [2.24, 2.45) is 4.99 Å². The van der Waals surface area contributed by atoms with Gasteiger partial charge in [-0.1, -0.05) is 42.0 Å². The van der Waals surface area contributed by atoms with Gasteiger partial charge in [-0.25, -0.2) is 0 Å². The molecule has 280 valence electrons. The van der Waals surface area contributed by atoms with Crippen LogP contribution in [0.15, 0.2) is 93.1 Å². The number of hydrogen-bond acceptors (Lipinski definition) is 10. The summed E-state index contributed by atoms with van der Waals surface area (Å²) in [7, 11) is 0. The van der Waals surface area contributed by atoms with Crippen LogP contribution in [0.4, 0.5) is 5.69 Å². The van der Waals surface area contributed by atoms with Gasteiger partial charge in [0, 0.05) is 61.8 Å². The van der Waals surface area contributed by atoms with E-state index in [1.807, 2.05) is 54.0 Å². The van der Waals surface area contributed by atoms with Crippen molar-refractivity contribution in [1.29, 1.82) is 0 Å². The Morgan fingerprint density at radius 3 is 2.57 bits per heavy atom. The topological polar surface area (TPSA) is 152 Å². The van der Waals surface area contributed by atoms with Crippen molar-refractivity contribution in [2.75, 3.05) is 11.9 Å². The maximum atomic E-state index is 13.6. The molecule has 5 aromatic rings. The van der Waals surface area contributed by atoms with Crippen molar-refractivity contribution >= 4 is 74.7 Å². The molecule has 1 amide bonds. The molecule has 3 N–H and O–H groups in total. The van der Waals surface area contributed by atoms with E-state index in [1.165, 1.54) is 18.2 Å². The van der Waals surface area contributed by atoms with Gasteiger partial charge in [-0.3, -0.25) is 19.1 Å². The lowest BCUT2D eigenvalue weighted by Gasteiger charge is -2.18. The Hall–Kier alpha value is -6.02. The predicted molar refractivity (Wildman–Crippen MR) is 223 cm³/mol. The first kappa shape index (κ1) is 36.9. The van der Waals surface area contributed by atoms with Crippen LogP contribution in [0.25, 0.3) is 38.4 Å². The van der Waals surface area contributed by atoms with Crippen molar-refractivity contribution in [3.05, 3.63) is 133 Å². The number of nitrogens with one attached hydrogen (secondary N) is 2. The zero-order valence-electron chi connectivity index (χ0n) is 30.3. The number of thiophene rings is 1. The van der Waals surface area contributed by atoms with Crippen LogP contribution in [-0.2, 0) is 16.0 Å². The molecule has 2 aromatic heterocycles. The molecule has 0 radical (unpaired) electrons. The third-order valence-corrected chi connectivity index (χ3v) is 11.5. The number of carbonyl (C=O) groups is 2. The molecule has 3 aromatic carbocycles. The summed E-state index contributed by atoms with van der Waals surface area (Å²) in [6, 6.07) is 21.8. The molecule has 56 heavy (non-hydrogen) atoms. The molecule has 14 heteroatoms. The van der Waals surface area contributed by atoms with Crippen molar-refractivity contribution < 1.29 is 19.1 Å². The average molecular weight is 801 g/mol. The number of fused-ring (bicyclic) bond motifs is 5. The number of hydrogen-bond donors (Lipinski definition) is 3. The van der Waals surface area contributed by atoms with Gasteiger partial charge < -0.3 is 25.0 Å². The van der Waals surface area contributed by atoms with E-state index in [9.17, 15) is 19.5 Å². The number of carbonyl (C=O) groups excluding carboxylic acids is 2. The lowest BCUT2D eigenvalue weighted by atomic mass is 9.89. The Bertz CT molecular complexity index is 2790. The third kappa shape index (κ3) is 6.89. The van der Waals surface area contributed by atoms with E-state index in [2.05, 4.69) is 34.7 Å². The number of phenolic OH excluding ortho intramolecular Hbond substituents is 1. The number of anilines is 1. The second-order valence-corrected chi connectivity index (χ2v) is 15.6. The number of phenols is 1. The van der Waals surface area contributed by atoms with Crippen LogP contribution in [0.5, 0.6) is 5.75 Å². The van der Waals surface area contributed by atoms with Gasteiger partial charge in [-0.15, -0.1) is 21.5 Å². The number of aldehydes is 1. The van der Waals surface area contributed by atoms with Crippen molar-refractivity contribution in [3.63, 3.8) is 0 Å². The van der Waals surface area contributed by atoms with E-state index in [0.29, 0.717) is 55.2 Å². The van der Waals surface area contributed by atoms with Crippen molar-refractivity contribution in [2.45, 2.75) is 39.7 Å². The van der Waals surface area contributed by atoms with Gasteiger partial charge in [0.05, 0.1) is 23.7 Å². The van der Waals surface area contributed by atoms with Crippen LogP contribution >= 0.6 is 35.2 Å². The number of rotatable bonds is 9. The van der Waals surface area contributed by atoms with E-state index in [1.54, 1.807) is 29.5 Å². The van der Waals surface area contributed by atoms with Gasteiger partial charge in [0.2, 0.25) is 5.91 Å². The Labute approximate surface area is 335 Å². The number of halogens is 1. The molecule has 8 rings (SSSR count). The summed E-state index contributed by atoms with van der Waals surface area (Å²) in [5, 5.41) is 27.4. The maximum absolute atomic E-state index is 13.6. The molecule has 0 saturated carbocycles. The lowest BCUT2D eigenvalue weighted by molar-refractivity contribution is -0.121. The summed E-state index contributed by atoms with van der Waals surface area (Å²) >= 11 is 13.5. The summed E-state index contributed by atoms with van der Waals surface area (Å²) in [5.74, 6) is 1.37. The normalized spacial score (nSPS) is 13.5. The van der Waals surface area contributed by atoms with Gasteiger partial charge >= 0.3 is 0 Å². The second-order valence-electron chi connectivity index (χ2n) is 13.5. The third-order valence-electron chi connectivity index (χ3n) is 9.82. The Kier molecular flexibility index (Phi) is 9.83. The molecule has 0 fully saturated rings. The highest BCUT2D eigenvalue weighted by Crippen LogP contribution is 2.43. The monoisotopic (exact) mass is 800 g/mol. The number of aliphatic imine (C=N–C) groups is 1. The smallest absolute Gasteiger partial charge is 0.222 e. The van der Waals surface area contributed by atoms with Gasteiger partial charge in [0.1, 0.15) is 40.2 Å². The number of benzene rings is 4. The van der Waals surface area contributed by atoms with Crippen LogP contribution < -0.4 is 16.1 Å². The first-order valence-corrected chi connectivity index (χ1v) is 19.3. The highest BCUT2D eigenvalue weighted by Gasteiger charge is 2.32. The van der Waals surface area contributed by atoms with Crippen LogP contribution in [0.1, 0.15) is 51.2 Å². The van der Waals surface area contributed by atoms with E-state index in [0.717, 1.165) is 49.7 Å². The number of aromatic nitrogens is 3. The number of aryl methyl sites for hydroxylation is 2. The molecular formula is C42H33ClN6O5S2. The van der Waals surface area contributed by atoms with E-state index in [-0.39, 0.29) is 36.5 Å². The minimum atomic E-state index is -0.636. The van der Waals surface area contributed by atoms with Gasteiger partial charge in [0.25, 0.3) is 0 Å². The highest BCUT2D eigenvalue weighted by molar-refractivity contribution is 7.80. The lowest BCUT2D eigenvalue weighted by Crippen LogP contribution is -2.32. The maximum Gasteiger partial charge on any atom is 0.222 e. The SMILES string of the molecule is Cc1sc2c(c1C)C(c1ccc(Cl)cc1)=NC(CC(=O)NCC(=S)Nc1ccc(-c3c4ccc(=O)cc-4oc4cc(O)ccc34)c(CC=O)c1)c1nnc(C)n1-2. The van der Waals surface area contributed by atoms with E-state index < -0.39 is 6.04 Å². The average Bonchev–Trinajstić information content (AvgIpc) is 3.65. The summed E-state index contributed by atoms with van der Waals surface area (Å²) < 4.78 is 8.00. The molecule has 1 aliphatic carbocycles. The molecule has 0 spiro atoms. The predicted octanol–water partition coefficient (Wildman–Crippen LogP) is 8.07. The molecule has 3 aliphatic rings. The zero-order chi connectivity index (χ0) is 39.2. The fourth-order valence-electron chi connectivity index (χ4n) is 7.09. The number of thiocarbonyl (C=S) groups is 1. The molecule has 0 saturated heterocycles. The second kappa shape index (κ2) is 14.9. The van der Waals surface area contributed by atoms with Crippen LogP contribution in [0, 0.1) is 20.8 Å². The fourth-order valence-corrected chi connectivity index (χ4v) is 8.62. The van der Waals surface area contributed by atoms with E-state index >= 15 is 0 Å². The largest absolute Gasteiger partial charge is 0.508 e. The van der Waals surface area contributed by atoms with Gasteiger partial charge in [-0.2, -0.15) is 0 Å². The minimum absolute atomic E-state index is 0.000126. The number of amides is 1. The van der Waals surface area contributed by atoms with Gasteiger partial charge in [0.15, 0.2) is 11.3 Å². The quantitative estimate of drug-likeness (QED) is 0.0748. The first-order chi connectivity index (χ1) is 27.0. The molecule has 2 aliphatic heterocycles. The molecule has 1 atom stereocenters. The molecule has 4 heterocycles. The number of nitrogens with zero attached hydrogens (tertiary/aromatic N) is 4. The van der Waals surface area contributed by atoms with Crippen LogP contribution in [0.3, 0.4) is 0 Å². The molecule has 1 unspecified atom stereocenters. The Balaban J connectivity index is 1.04. The Morgan fingerprint density at radius 2 is 1.79 bits per heavy atom. The molecular weight excluding hydrogens is 768 g/mol. The minimum Gasteiger partial charge on any atom is -0.508 e. The summed E-state index contributed by atoms with van der Waals surface area (Å²) in [4.78, 5) is 44.4. The summed E-state index contributed by atoms with van der Waals surface area (Å²) in [6.07, 6.45) is 0.912. The van der Waals surface area contributed by atoms with Crippen molar-refractivity contribution in [1.82, 2.24) is 20.1 Å². The Morgan fingerprint density at radius 1 is 1.00 bits per heavy atom. The fraction of sp³-hybridized carbons (Fsp3) is 0.167. The van der Waals surface area contributed by atoms with Crippen molar-refractivity contribution in [3.8, 4) is 33.2 Å². The molecule has 0 bridgehead atoms. The van der Waals surface area contributed by atoms with E-state index in [4.69, 9.17) is 33.2 Å².